The van der Waals surface area contributed by atoms with Crippen LogP contribution in [0, 0.1) is 0 Å². The molecule has 3 nitrogen and oxygen atoms in total. The van der Waals surface area contributed by atoms with E-state index in [-0.39, 0.29) is 24.2 Å². The standard InChI is InChI=1S/C15H9BrCl2O2.C15H11BrCl2O/c16-8-1-4-14-12(5-8)11(7-15(19)20-14)10-3-2-9(17)6-13(10)18;16-9-1-4-15-13(7-9)11(5-6-19-15)12-3-2-10(17)8-14(12)18/h1-6,11H,7H2;1-4,7-8,11H,5-6H2. The summed E-state index contributed by atoms with van der Waals surface area (Å²) >= 11 is 31.4. The molecule has 2 heterocycles. The third-order valence-corrected chi connectivity index (χ3v) is 8.74. The van der Waals surface area contributed by atoms with E-state index in [9.17, 15) is 4.79 Å². The molecule has 200 valence electrons. The molecule has 0 saturated carbocycles. The Balaban J connectivity index is 0.000000158. The van der Waals surface area contributed by atoms with Gasteiger partial charge >= 0.3 is 5.97 Å². The molecule has 0 fully saturated rings. The van der Waals surface area contributed by atoms with Crippen LogP contribution >= 0.6 is 78.3 Å². The van der Waals surface area contributed by atoms with Crippen LogP contribution in [0.2, 0.25) is 20.1 Å². The fourth-order valence-electron chi connectivity index (χ4n) is 4.86. The average Bonchev–Trinajstić information content (AvgIpc) is 2.89. The first kappa shape index (κ1) is 28.8. The zero-order chi connectivity index (χ0) is 27.7. The summed E-state index contributed by atoms with van der Waals surface area (Å²) in [5.41, 5.74) is 4.11. The van der Waals surface area contributed by atoms with Gasteiger partial charge in [-0.1, -0.05) is 90.4 Å². The third-order valence-electron chi connectivity index (χ3n) is 6.63. The van der Waals surface area contributed by atoms with Crippen molar-refractivity contribution < 1.29 is 14.3 Å². The lowest BCUT2D eigenvalue weighted by Crippen LogP contribution is -2.21. The highest BCUT2D eigenvalue weighted by Gasteiger charge is 2.30. The Morgan fingerprint density at radius 3 is 1.77 bits per heavy atom. The van der Waals surface area contributed by atoms with Crippen molar-refractivity contribution in [3.05, 3.63) is 124 Å². The minimum absolute atomic E-state index is 0.117. The Morgan fingerprint density at radius 2 is 1.18 bits per heavy atom. The van der Waals surface area contributed by atoms with Gasteiger partial charge in [0.25, 0.3) is 0 Å². The Morgan fingerprint density at radius 1 is 0.641 bits per heavy atom. The quantitative estimate of drug-likeness (QED) is 0.152. The molecule has 0 spiro atoms. The van der Waals surface area contributed by atoms with Gasteiger partial charge in [0.05, 0.1) is 13.0 Å². The average molecular weight is 730 g/mol. The number of esters is 1. The summed E-state index contributed by atoms with van der Waals surface area (Å²) < 4.78 is 13.0. The fourth-order valence-corrected chi connectivity index (χ4v) is 6.70. The minimum Gasteiger partial charge on any atom is -0.493 e. The first-order valence-corrected chi connectivity index (χ1v) is 15.1. The van der Waals surface area contributed by atoms with E-state index in [1.54, 1.807) is 24.3 Å². The number of carbonyl (C=O) groups is 1. The maximum Gasteiger partial charge on any atom is 0.312 e. The highest BCUT2D eigenvalue weighted by atomic mass is 79.9. The highest BCUT2D eigenvalue weighted by Crippen LogP contribution is 2.43. The molecule has 4 aromatic carbocycles. The predicted molar refractivity (Wildman–Crippen MR) is 165 cm³/mol. The van der Waals surface area contributed by atoms with Gasteiger partial charge in [-0.3, -0.25) is 4.79 Å². The monoisotopic (exact) mass is 726 g/mol. The van der Waals surface area contributed by atoms with Crippen LogP contribution in [0.4, 0.5) is 0 Å². The molecule has 2 aliphatic rings. The Bertz CT molecular complexity index is 1560. The summed E-state index contributed by atoms with van der Waals surface area (Å²) in [6.45, 7) is 0.707. The Labute approximate surface area is 263 Å². The van der Waals surface area contributed by atoms with Crippen molar-refractivity contribution >= 4 is 84.2 Å². The summed E-state index contributed by atoms with van der Waals surface area (Å²) in [6, 6.07) is 22.7. The van der Waals surface area contributed by atoms with Crippen LogP contribution in [0.25, 0.3) is 0 Å². The molecule has 0 aromatic heterocycles. The van der Waals surface area contributed by atoms with Crippen LogP contribution < -0.4 is 9.47 Å². The van der Waals surface area contributed by atoms with Crippen molar-refractivity contribution in [1.82, 2.24) is 0 Å². The molecular formula is C30H20Br2Cl4O3. The lowest BCUT2D eigenvalue weighted by molar-refractivity contribution is -0.135. The zero-order valence-electron chi connectivity index (χ0n) is 20.2. The number of carbonyl (C=O) groups excluding carboxylic acids is 1. The second-order valence-corrected chi connectivity index (χ2v) is 12.6. The second kappa shape index (κ2) is 12.4. The van der Waals surface area contributed by atoms with E-state index in [1.165, 1.54) is 5.56 Å². The highest BCUT2D eigenvalue weighted by molar-refractivity contribution is 9.10. The van der Waals surface area contributed by atoms with Gasteiger partial charge in [-0.2, -0.15) is 0 Å². The van der Waals surface area contributed by atoms with E-state index in [0.29, 0.717) is 32.4 Å². The van der Waals surface area contributed by atoms with E-state index < -0.39 is 0 Å². The van der Waals surface area contributed by atoms with E-state index in [0.717, 1.165) is 37.8 Å². The topological polar surface area (TPSA) is 35.5 Å². The first-order chi connectivity index (χ1) is 18.7. The van der Waals surface area contributed by atoms with E-state index in [4.69, 9.17) is 55.9 Å². The van der Waals surface area contributed by atoms with E-state index in [1.807, 2.05) is 42.5 Å². The van der Waals surface area contributed by atoms with Crippen LogP contribution in [0.15, 0.2) is 81.7 Å². The van der Waals surface area contributed by atoms with Crippen LogP contribution in [0.3, 0.4) is 0 Å². The molecule has 39 heavy (non-hydrogen) atoms. The van der Waals surface area contributed by atoms with E-state index in [2.05, 4.69) is 37.9 Å². The molecule has 0 bridgehead atoms. The third kappa shape index (κ3) is 6.61. The maximum absolute atomic E-state index is 11.8. The summed E-state index contributed by atoms with van der Waals surface area (Å²) in [5.74, 6) is 1.40. The van der Waals surface area contributed by atoms with Gasteiger partial charge in [-0.05, 0) is 78.2 Å². The molecule has 0 N–H and O–H groups in total. The molecule has 0 amide bonds. The maximum atomic E-state index is 11.8. The van der Waals surface area contributed by atoms with Gasteiger partial charge in [-0.25, -0.2) is 0 Å². The Kier molecular flexibility index (Phi) is 9.17. The molecule has 0 aliphatic carbocycles. The predicted octanol–water partition coefficient (Wildman–Crippen LogP) is 10.9. The van der Waals surface area contributed by atoms with Crippen molar-refractivity contribution in [2.24, 2.45) is 0 Å². The van der Waals surface area contributed by atoms with Crippen molar-refractivity contribution in [3.8, 4) is 11.5 Å². The number of hydrogen-bond acceptors (Lipinski definition) is 3. The van der Waals surface area contributed by atoms with Gasteiger partial charge in [-0.15, -0.1) is 0 Å². The van der Waals surface area contributed by atoms with Gasteiger partial charge in [0.2, 0.25) is 0 Å². The van der Waals surface area contributed by atoms with E-state index >= 15 is 0 Å². The molecule has 4 aromatic rings. The summed E-state index contributed by atoms with van der Waals surface area (Å²) in [7, 11) is 0. The molecule has 6 rings (SSSR count). The smallest absolute Gasteiger partial charge is 0.312 e. The SMILES string of the molecule is Clc1ccc(C2CCOc3ccc(Br)cc32)c(Cl)c1.O=C1CC(c2ccc(Cl)cc2Cl)c2cc(Br)ccc2O1. The summed E-state index contributed by atoms with van der Waals surface area (Å²) in [5, 5.41) is 2.51. The van der Waals surface area contributed by atoms with Gasteiger partial charge in [0.1, 0.15) is 11.5 Å². The number of hydrogen-bond donors (Lipinski definition) is 0. The van der Waals surface area contributed by atoms with Gasteiger partial charge < -0.3 is 9.47 Å². The number of rotatable bonds is 2. The lowest BCUT2D eigenvalue weighted by Gasteiger charge is -2.27. The van der Waals surface area contributed by atoms with Crippen molar-refractivity contribution in [3.63, 3.8) is 0 Å². The van der Waals surface area contributed by atoms with Gasteiger partial charge in [0, 0.05) is 52.0 Å². The first-order valence-electron chi connectivity index (χ1n) is 12.0. The van der Waals surface area contributed by atoms with Crippen LogP contribution in [0.5, 0.6) is 11.5 Å². The van der Waals surface area contributed by atoms with Crippen LogP contribution in [0.1, 0.15) is 46.9 Å². The molecule has 2 atom stereocenters. The molecule has 9 heteroatoms. The fraction of sp³-hybridized carbons (Fsp3) is 0.167. The molecule has 0 radical (unpaired) electrons. The lowest BCUT2D eigenvalue weighted by atomic mass is 9.86. The van der Waals surface area contributed by atoms with Crippen molar-refractivity contribution in [1.29, 1.82) is 0 Å². The largest absolute Gasteiger partial charge is 0.493 e. The summed E-state index contributed by atoms with van der Waals surface area (Å²) in [4.78, 5) is 11.8. The number of ether oxygens (including phenoxy) is 2. The second-order valence-electron chi connectivity index (χ2n) is 9.12. The number of benzene rings is 4. The van der Waals surface area contributed by atoms with Crippen LogP contribution in [-0.4, -0.2) is 12.6 Å². The molecule has 2 aliphatic heterocycles. The van der Waals surface area contributed by atoms with Crippen molar-refractivity contribution in [2.75, 3.05) is 6.61 Å². The number of halogens is 6. The Hall–Kier alpha value is -1.73. The zero-order valence-corrected chi connectivity index (χ0v) is 26.4. The number of fused-ring (bicyclic) bond motifs is 2. The van der Waals surface area contributed by atoms with Crippen LogP contribution in [-0.2, 0) is 4.79 Å². The van der Waals surface area contributed by atoms with Gasteiger partial charge in [0.15, 0.2) is 0 Å². The van der Waals surface area contributed by atoms with Crippen molar-refractivity contribution in [2.45, 2.75) is 24.7 Å². The molecule has 2 unspecified atom stereocenters. The summed E-state index contributed by atoms with van der Waals surface area (Å²) in [6.07, 6.45) is 1.19. The molecular weight excluding hydrogens is 710 g/mol. The normalized spacial score (nSPS) is 17.6. The minimum atomic E-state index is -0.254. The molecule has 0 saturated heterocycles.